The summed E-state index contributed by atoms with van der Waals surface area (Å²) < 4.78 is 0. The van der Waals surface area contributed by atoms with Crippen LogP contribution >= 0.6 is 0 Å². The molecule has 0 aromatic rings. The molecule has 0 radical (unpaired) electrons. The van der Waals surface area contributed by atoms with Crippen molar-refractivity contribution in [2.45, 2.75) is 25.8 Å². The molecule has 1 heteroatoms. The van der Waals surface area contributed by atoms with Gasteiger partial charge < -0.3 is 5.32 Å². The third-order valence-corrected chi connectivity index (χ3v) is 1.90. The van der Waals surface area contributed by atoms with Crippen LogP contribution in [0, 0.1) is 18.3 Å². The molecule has 0 aromatic heterocycles. The van der Waals surface area contributed by atoms with Gasteiger partial charge in [0.1, 0.15) is 0 Å². The quantitative estimate of drug-likeness (QED) is 0.474. The summed E-state index contributed by atoms with van der Waals surface area (Å²) in [5.74, 6) is 3.25. The van der Waals surface area contributed by atoms with E-state index in [1.54, 1.807) is 0 Å². The van der Waals surface area contributed by atoms with E-state index in [1.165, 1.54) is 12.8 Å². The number of piperidine rings is 1. The second-order valence-corrected chi connectivity index (χ2v) is 2.75. The second-order valence-electron chi connectivity index (χ2n) is 2.75. The Bertz CT molecular complexity index is 115. The van der Waals surface area contributed by atoms with Crippen molar-refractivity contribution in [3.05, 3.63) is 0 Å². The van der Waals surface area contributed by atoms with E-state index in [4.69, 9.17) is 6.42 Å². The molecule has 1 fully saturated rings. The fourth-order valence-electron chi connectivity index (χ4n) is 1.14. The van der Waals surface area contributed by atoms with Gasteiger partial charge in [0.2, 0.25) is 0 Å². The van der Waals surface area contributed by atoms with Crippen LogP contribution in [0.25, 0.3) is 0 Å². The molecule has 50 valence electrons. The number of hydrogen-bond acceptors (Lipinski definition) is 1. The highest BCUT2D eigenvalue weighted by molar-refractivity contribution is 4.96. The molecule has 1 aliphatic rings. The van der Waals surface area contributed by atoms with Crippen molar-refractivity contribution < 1.29 is 0 Å². The first-order chi connectivity index (χ1) is 4.33. The van der Waals surface area contributed by atoms with Crippen LogP contribution in [0.5, 0.6) is 0 Å². The van der Waals surface area contributed by atoms with Gasteiger partial charge >= 0.3 is 0 Å². The highest BCUT2D eigenvalue weighted by Gasteiger charge is 2.14. The molecule has 1 nitrogen and oxygen atoms in total. The van der Waals surface area contributed by atoms with Gasteiger partial charge in [-0.3, -0.25) is 0 Å². The van der Waals surface area contributed by atoms with E-state index in [2.05, 4.69) is 18.2 Å². The van der Waals surface area contributed by atoms with Crippen LogP contribution in [-0.4, -0.2) is 12.6 Å². The van der Waals surface area contributed by atoms with Gasteiger partial charge in [0.15, 0.2) is 0 Å². The van der Waals surface area contributed by atoms with Crippen molar-refractivity contribution >= 4 is 0 Å². The van der Waals surface area contributed by atoms with Crippen LogP contribution in [-0.2, 0) is 0 Å². The zero-order chi connectivity index (χ0) is 6.69. The Morgan fingerprint density at radius 1 is 1.56 bits per heavy atom. The Morgan fingerprint density at radius 2 is 2.33 bits per heavy atom. The monoisotopic (exact) mass is 123 g/mol. The molecule has 2 atom stereocenters. The number of nitrogens with one attached hydrogen (secondary N) is 1. The van der Waals surface area contributed by atoms with E-state index in [9.17, 15) is 0 Å². The van der Waals surface area contributed by atoms with E-state index in [0.29, 0.717) is 12.0 Å². The minimum absolute atomic E-state index is 0.487. The molecule has 0 amide bonds. The van der Waals surface area contributed by atoms with Crippen LogP contribution < -0.4 is 5.32 Å². The molecule has 1 saturated heterocycles. The standard InChI is InChI=1S/C8H13N/c1-3-8-5-4-7(2)9-6-8/h1,7-9H,4-6H2,2H3/t7-,8-/m1/s1. The summed E-state index contributed by atoms with van der Waals surface area (Å²) in [6.07, 6.45) is 7.69. The van der Waals surface area contributed by atoms with Gasteiger partial charge in [0.05, 0.1) is 0 Å². The van der Waals surface area contributed by atoms with Gasteiger partial charge in [0, 0.05) is 18.5 Å². The Morgan fingerprint density at radius 3 is 2.78 bits per heavy atom. The predicted molar refractivity (Wildman–Crippen MR) is 39.0 cm³/mol. The van der Waals surface area contributed by atoms with Gasteiger partial charge in [-0.05, 0) is 19.8 Å². The highest BCUT2D eigenvalue weighted by Crippen LogP contribution is 2.11. The summed E-state index contributed by atoms with van der Waals surface area (Å²) in [4.78, 5) is 0. The van der Waals surface area contributed by atoms with E-state index in [-0.39, 0.29) is 0 Å². The summed E-state index contributed by atoms with van der Waals surface area (Å²) in [7, 11) is 0. The fourth-order valence-corrected chi connectivity index (χ4v) is 1.14. The normalized spacial score (nSPS) is 35.6. The summed E-state index contributed by atoms with van der Waals surface area (Å²) >= 11 is 0. The van der Waals surface area contributed by atoms with Crippen molar-refractivity contribution in [1.82, 2.24) is 5.32 Å². The Hall–Kier alpha value is -0.480. The van der Waals surface area contributed by atoms with Crippen molar-refractivity contribution in [3.63, 3.8) is 0 Å². The second kappa shape index (κ2) is 2.89. The molecule has 1 aliphatic heterocycles. The summed E-state index contributed by atoms with van der Waals surface area (Å²) in [5.41, 5.74) is 0. The van der Waals surface area contributed by atoms with Crippen LogP contribution in [0.4, 0.5) is 0 Å². The van der Waals surface area contributed by atoms with Crippen molar-refractivity contribution in [1.29, 1.82) is 0 Å². The first-order valence-electron chi connectivity index (χ1n) is 3.52. The lowest BCUT2D eigenvalue weighted by molar-refractivity contribution is 0.375. The van der Waals surface area contributed by atoms with Gasteiger partial charge in [-0.2, -0.15) is 0 Å². The number of terminal acetylenes is 1. The molecule has 1 heterocycles. The maximum atomic E-state index is 5.26. The lowest BCUT2D eigenvalue weighted by Crippen LogP contribution is -2.36. The predicted octanol–water partition coefficient (Wildman–Crippen LogP) is 1.01. The van der Waals surface area contributed by atoms with Gasteiger partial charge in [-0.15, -0.1) is 12.3 Å². The van der Waals surface area contributed by atoms with Crippen molar-refractivity contribution in [2.24, 2.45) is 5.92 Å². The first kappa shape index (κ1) is 6.64. The minimum Gasteiger partial charge on any atom is -0.313 e. The molecule has 0 unspecified atom stereocenters. The Labute approximate surface area is 56.8 Å². The molecule has 0 aliphatic carbocycles. The average Bonchev–Trinajstić information content (AvgIpc) is 1.90. The molecule has 0 spiro atoms. The van der Waals surface area contributed by atoms with Crippen LogP contribution in [0.1, 0.15) is 19.8 Å². The molecule has 0 aromatic carbocycles. The largest absolute Gasteiger partial charge is 0.313 e. The zero-order valence-corrected chi connectivity index (χ0v) is 5.85. The summed E-state index contributed by atoms with van der Waals surface area (Å²) in [6, 6.07) is 0.676. The average molecular weight is 123 g/mol. The maximum absolute atomic E-state index is 5.26. The molecule has 0 saturated carbocycles. The summed E-state index contributed by atoms with van der Waals surface area (Å²) in [5, 5.41) is 3.34. The first-order valence-corrected chi connectivity index (χ1v) is 3.52. The van der Waals surface area contributed by atoms with E-state index in [1.807, 2.05) is 0 Å². The Kier molecular flexibility index (Phi) is 2.13. The van der Waals surface area contributed by atoms with E-state index in [0.717, 1.165) is 6.54 Å². The molecule has 1 N–H and O–H groups in total. The molecule has 0 bridgehead atoms. The van der Waals surface area contributed by atoms with Crippen LogP contribution in [0.2, 0.25) is 0 Å². The lowest BCUT2D eigenvalue weighted by Gasteiger charge is -2.23. The highest BCUT2D eigenvalue weighted by atomic mass is 14.9. The van der Waals surface area contributed by atoms with Crippen LogP contribution in [0.15, 0.2) is 0 Å². The smallest absolute Gasteiger partial charge is 0.0325 e. The molecule has 9 heavy (non-hydrogen) atoms. The van der Waals surface area contributed by atoms with Crippen LogP contribution in [0.3, 0.4) is 0 Å². The lowest BCUT2D eigenvalue weighted by atomic mass is 9.96. The third-order valence-electron chi connectivity index (χ3n) is 1.90. The number of hydrogen-bond donors (Lipinski definition) is 1. The fraction of sp³-hybridized carbons (Fsp3) is 0.750. The maximum Gasteiger partial charge on any atom is 0.0325 e. The third kappa shape index (κ3) is 1.73. The molecule has 1 rings (SSSR count). The van der Waals surface area contributed by atoms with Crippen molar-refractivity contribution in [2.75, 3.05) is 6.54 Å². The van der Waals surface area contributed by atoms with E-state index >= 15 is 0 Å². The Balaban J connectivity index is 2.28. The number of rotatable bonds is 0. The zero-order valence-electron chi connectivity index (χ0n) is 5.85. The summed E-state index contributed by atoms with van der Waals surface area (Å²) in [6.45, 7) is 3.21. The van der Waals surface area contributed by atoms with Gasteiger partial charge in [-0.1, -0.05) is 0 Å². The minimum atomic E-state index is 0.487. The molecular weight excluding hydrogens is 110 g/mol. The SMILES string of the molecule is C#C[C@@H]1CC[C@@H](C)NC1. The van der Waals surface area contributed by atoms with Crippen molar-refractivity contribution in [3.8, 4) is 12.3 Å². The molecular formula is C8H13N. The topological polar surface area (TPSA) is 12.0 Å². The van der Waals surface area contributed by atoms with Gasteiger partial charge in [0.25, 0.3) is 0 Å². The van der Waals surface area contributed by atoms with E-state index < -0.39 is 0 Å². The van der Waals surface area contributed by atoms with Gasteiger partial charge in [-0.25, -0.2) is 0 Å².